The monoisotopic (exact) mass is 304 g/mol. The third-order valence-electron chi connectivity index (χ3n) is 4.57. The molecule has 0 aromatic heterocycles. The van der Waals surface area contributed by atoms with Crippen molar-refractivity contribution in [1.82, 2.24) is 9.80 Å². The zero-order valence-electron chi connectivity index (χ0n) is 13.1. The number of ether oxygens (including phenoxy) is 1. The highest BCUT2D eigenvalue weighted by atomic mass is 16.5. The van der Waals surface area contributed by atoms with Crippen LogP contribution in [0.5, 0.6) is 0 Å². The van der Waals surface area contributed by atoms with Gasteiger partial charge in [0, 0.05) is 31.7 Å². The van der Waals surface area contributed by atoms with Crippen LogP contribution in [0.2, 0.25) is 0 Å². The lowest BCUT2D eigenvalue weighted by molar-refractivity contribution is 0.0725. The van der Waals surface area contributed by atoms with Gasteiger partial charge < -0.3 is 14.7 Å². The Balaban J connectivity index is 1.63. The topological polar surface area (TPSA) is 53.0 Å². The Bertz CT molecular complexity index is 534. The normalized spacial score (nSPS) is 26.9. The summed E-state index contributed by atoms with van der Waals surface area (Å²) >= 11 is 0. The van der Waals surface area contributed by atoms with Crippen LogP contribution >= 0.6 is 0 Å². The highest BCUT2D eigenvalue weighted by Crippen LogP contribution is 2.17. The Morgan fingerprint density at radius 1 is 1.23 bits per heavy atom. The molecule has 2 saturated heterocycles. The molecule has 120 valence electrons. The molecule has 1 aromatic rings. The molecular formula is C17H24N2O3. The van der Waals surface area contributed by atoms with Gasteiger partial charge in [-0.3, -0.25) is 9.69 Å². The van der Waals surface area contributed by atoms with Gasteiger partial charge in [0.15, 0.2) is 0 Å². The Morgan fingerprint density at radius 3 is 2.82 bits per heavy atom. The second kappa shape index (κ2) is 6.77. The van der Waals surface area contributed by atoms with Gasteiger partial charge in [0.05, 0.1) is 25.4 Å². The average molecular weight is 304 g/mol. The molecule has 0 saturated carbocycles. The molecule has 2 atom stereocenters. The summed E-state index contributed by atoms with van der Waals surface area (Å²) in [4.78, 5) is 16.8. The molecule has 0 unspecified atom stereocenters. The fourth-order valence-corrected chi connectivity index (χ4v) is 3.31. The first-order valence-corrected chi connectivity index (χ1v) is 8.01. The van der Waals surface area contributed by atoms with Crippen LogP contribution in [0.15, 0.2) is 24.3 Å². The van der Waals surface area contributed by atoms with Gasteiger partial charge in [-0.15, -0.1) is 0 Å². The maximum Gasteiger partial charge on any atom is 0.253 e. The fraction of sp³-hybridized carbons (Fsp3) is 0.588. The summed E-state index contributed by atoms with van der Waals surface area (Å²) in [5.74, 6) is 0.105. The summed E-state index contributed by atoms with van der Waals surface area (Å²) in [5, 5.41) is 9.97. The lowest BCUT2D eigenvalue weighted by Crippen LogP contribution is -2.45. The molecule has 0 radical (unpaired) electrons. The molecule has 1 N–H and O–H groups in total. The van der Waals surface area contributed by atoms with Crippen LogP contribution < -0.4 is 0 Å². The number of carbonyl (C=O) groups excluding carboxylic acids is 1. The van der Waals surface area contributed by atoms with E-state index in [0.717, 1.165) is 37.2 Å². The molecule has 1 aromatic carbocycles. The van der Waals surface area contributed by atoms with Crippen molar-refractivity contribution in [2.24, 2.45) is 0 Å². The molecule has 2 heterocycles. The SMILES string of the molecule is Cc1cccc(C(=O)N2CCCN([C@H]3COC[C@H]3O)CC2)c1. The van der Waals surface area contributed by atoms with Gasteiger partial charge in [0.2, 0.25) is 0 Å². The number of carbonyl (C=O) groups is 1. The first-order valence-electron chi connectivity index (χ1n) is 8.01. The van der Waals surface area contributed by atoms with Crippen molar-refractivity contribution in [3.05, 3.63) is 35.4 Å². The summed E-state index contributed by atoms with van der Waals surface area (Å²) in [6.45, 7) is 6.19. The molecular weight excluding hydrogens is 280 g/mol. The molecule has 0 bridgehead atoms. The maximum atomic E-state index is 12.6. The van der Waals surface area contributed by atoms with Gasteiger partial charge in [-0.05, 0) is 25.5 Å². The number of rotatable bonds is 2. The first kappa shape index (κ1) is 15.5. The number of amides is 1. The number of aliphatic hydroxyl groups is 1. The number of hydrogen-bond donors (Lipinski definition) is 1. The van der Waals surface area contributed by atoms with E-state index in [1.165, 1.54) is 0 Å². The maximum absolute atomic E-state index is 12.6. The van der Waals surface area contributed by atoms with E-state index >= 15 is 0 Å². The molecule has 5 nitrogen and oxygen atoms in total. The summed E-state index contributed by atoms with van der Waals surface area (Å²) in [5.41, 5.74) is 1.87. The van der Waals surface area contributed by atoms with Crippen molar-refractivity contribution >= 4 is 5.91 Å². The second-order valence-corrected chi connectivity index (χ2v) is 6.22. The van der Waals surface area contributed by atoms with E-state index in [9.17, 15) is 9.90 Å². The predicted octanol–water partition coefficient (Wildman–Crippen LogP) is 0.903. The van der Waals surface area contributed by atoms with Crippen LogP contribution in [0.4, 0.5) is 0 Å². The van der Waals surface area contributed by atoms with Crippen molar-refractivity contribution in [2.45, 2.75) is 25.5 Å². The smallest absolute Gasteiger partial charge is 0.253 e. The molecule has 0 spiro atoms. The Labute approximate surface area is 131 Å². The Kier molecular flexibility index (Phi) is 4.76. The van der Waals surface area contributed by atoms with E-state index in [2.05, 4.69) is 4.90 Å². The van der Waals surface area contributed by atoms with Gasteiger partial charge in [0.1, 0.15) is 0 Å². The van der Waals surface area contributed by atoms with Crippen LogP contribution in [0.25, 0.3) is 0 Å². The Morgan fingerprint density at radius 2 is 2.09 bits per heavy atom. The van der Waals surface area contributed by atoms with E-state index in [0.29, 0.717) is 19.8 Å². The van der Waals surface area contributed by atoms with Crippen molar-refractivity contribution < 1.29 is 14.6 Å². The molecule has 2 aliphatic heterocycles. The van der Waals surface area contributed by atoms with E-state index in [1.54, 1.807) is 0 Å². The number of aryl methyl sites for hydroxylation is 1. The van der Waals surface area contributed by atoms with Crippen molar-refractivity contribution in [1.29, 1.82) is 0 Å². The quantitative estimate of drug-likeness (QED) is 0.882. The zero-order valence-corrected chi connectivity index (χ0v) is 13.1. The first-order chi connectivity index (χ1) is 10.6. The predicted molar refractivity (Wildman–Crippen MR) is 83.9 cm³/mol. The molecule has 2 aliphatic rings. The van der Waals surface area contributed by atoms with E-state index < -0.39 is 6.10 Å². The highest BCUT2D eigenvalue weighted by Gasteiger charge is 2.33. The number of hydrogen-bond acceptors (Lipinski definition) is 4. The largest absolute Gasteiger partial charge is 0.389 e. The number of aliphatic hydroxyl groups excluding tert-OH is 1. The van der Waals surface area contributed by atoms with Gasteiger partial charge in [-0.2, -0.15) is 0 Å². The molecule has 1 amide bonds. The van der Waals surface area contributed by atoms with Crippen LogP contribution in [0.1, 0.15) is 22.3 Å². The van der Waals surface area contributed by atoms with Crippen molar-refractivity contribution in [2.75, 3.05) is 39.4 Å². The number of benzene rings is 1. The fourth-order valence-electron chi connectivity index (χ4n) is 3.31. The average Bonchev–Trinajstić information content (AvgIpc) is 2.80. The molecule has 3 rings (SSSR count). The van der Waals surface area contributed by atoms with E-state index in [1.807, 2.05) is 36.1 Å². The third-order valence-corrected chi connectivity index (χ3v) is 4.57. The molecule has 5 heteroatoms. The van der Waals surface area contributed by atoms with Crippen LogP contribution in [-0.2, 0) is 4.74 Å². The minimum Gasteiger partial charge on any atom is -0.389 e. The van der Waals surface area contributed by atoms with Crippen LogP contribution in [0.3, 0.4) is 0 Å². The van der Waals surface area contributed by atoms with Crippen LogP contribution in [0, 0.1) is 6.92 Å². The second-order valence-electron chi connectivity index (χ2n) is 6.22. The summed E-state index contributed by atoms with van der Waals surface area (Å²) in [7, 11) is 0. The molecule has 0 aliphatic carbocycles. The van der Waals surface area contributed by atoms with Gasteiger partial charge in [0.25, 0.3) is 5.91 Å². The standard InChI is InChI=1S/C17H24N2O3/c1-13-4-2-5-14(10-13)17(21)19-7-3-6-18(8-9-19)15-11-22-12-16(15)20/h2,4-5,10,15-16,20H,3,6-9,11-12H2,1H3/t15-,16+/m0/s1. The van der Waals surface area contributed by atoms with Crippen molar-refractivity contribution in [3.8, 4) is 0 Å². The van der Waals surface area contributed by atoms with E-state index in [4.69, 9.17) is 4.74 Å². The highest BCUT2D eigenvalue weighted by molar-refractivity contribution is 5.94. The van der Waals surface area contributed by atoms with Crippen molar-refractivity contribution in [3.63, 3.8) is 0 Å². The summed E-state index contributed by atoms with van der Waals surface area (Å²) in [6, 6.07) is 7.84. The molecule has 2 fully saturated rings. The Hall–Kier alpha value is -1.43. The van der Waals surface area contributed by atoms with Gasteiger partial charge >= 0.3 is 0 Å². The minimum absolute atomic E-state index is 0.0778. The summed E-state index contributed by atoms with van der Waals surface area (Å²) in [6.07, 6.45) is 0.528. The summed E-state index contributed by atoms with van der Waals surface area (Å²) < 4.78 is 5.35. The lowest BCUT2D eigenvalue weighted by Gasteiger charge is -2.28. The third kappa shape index (κ3) is 3.32. The molecule has 22 heavy (non-hydrogen) atoms. The zero-order chi connectivity index (χ0) is 15.5. The number of nitrogens with zero attached hydrogens (tertiary/aromatic N) is 2. The van der Waals surface area contributed by atoms with E-state index in [-0.39, 0.29) is 11.9 Å². The van der Waals surface area contributed by atoms with Gasteiger partial charge in [-0.25, -0.2) is 0 Å². The van der Waals surface area contributed by atoms with Gasteiger partial charge in [-0.1, -0.05) is 17.7 Å². The lowest BCUT2D eigenvalue weighted by atomic mass is 10.1. The minimum atomic E-state index is -0.404. The van der Waals surface area contributed by atoms with Crippen LogP contribution in [-0.4, -0.2) is 72.4 Å².